The summed E-state index contributed by atoms with van der Waals surface area (Å²) in [6.07, 6.45) is 0.0130. The van der Waals surface area contributed by atoms with Crippen LogP contribution in [0.4, 0.5) is 11.4 Å². The standard InChI is InChI=1S/C25H22N2O6S/c1-15-4-7-17(8-5-15)27-23(29)12-18(24(27)21-3-2-10-34-21)25(30)31-13-22(28)26-16-6-9-19-20(11-16)33-14-32-19/h2-11,18,24H,12-14H2,1H3,(H,26,28). The van der Waals surface area contributed by atoms with Crippen LogP contribution >= 0.6 is 11.3 Å². The number of aryl methyl sites for hydroxylation is 1. The van der Waals surface area contributed by atoms with Gasteiger partial charge in [0, 0.05) is 28.7 Å². The first kappa shape index (κ1) is 22.0. The summed E-state index contributed by atoms with van der Waals surface area (Å²) in [4.78, 5) is 40.9. The molecule has 2 aliphatic heterocycles. The summed E-state index contributed by atoms with van der Waals surface area (Å²) >= 11 is 1.48. The van der Waals surface area contributed by atoms with E-state index in [1.807, 2.05) is 48.7 Å². The molecule has 2 amide bonds. The van der Waals surface area contributed by atoms with E-state index in [2.05, 4.69) is 5.32 Å². The monoisotopic (exact) mass is 478 g/mol. The van der Waals surface area contributed by atoms with Crippen molar-refractivity contribution in [2.75, 3.05) is 23.6 Å². The molecule has 34 heavy (non-hydrogen) atoms. The van der Waals surface area contributed by atoms with Crippen molar-refractivity contribution in [3.05, 3.63) is 70.4 Å². The van der Waals surface area contributed by atoms with Gasteiger partial charge >= 0.3 is 5.97 Å². The number of anilines is 2. The Morgan fingerprint density at radius 2 is 1.91 bits per heavy atom. The predicted octanol–water partition coefficient (Wildman–Crippen LogP) is 4.06. The van der Waals surface area contributed by atoms with Gasteiger partial charge < -0.3 is 24.4 Å². The number of fused-ring (bicyclic) bond motifs is 1. The number of benzene rings is 2. The molecule has 0 bridgehead atoms. The second kappa shape index (κ2) is 9.18. The van der Waals surface area contributed by atoms with Crippen LogP contribution in [-0.2, 0) is 19.1 Å². The summed E-state index contributed by atoms with van der Waals surface area (Å²) in [5.41, 5.74) is 2.31. The lowest BCUT2D eigenvalue weighted by molar-refractivity contribution is -0.152. The van der Waals surface area contributed by atoms with Gasteiger partial charge in [0.2, 0.25) is 12.7 Å². The van der Waals surface area contributed by atoms with E-state index in [9.17, 15) is 14.4 Å². The normalized spacial score (nSPS) is 18.7. The smallest absolute Gasteiger partial charge is 0.312 e. The molecule has 2 aliphatic rings. The average molecular weight is 479 g/mol. The summed E-state index contributed by atoms with van der Waals surface area (Å²) < 4.78 is 15.9. The van der Waals surface area contributed by atoms with Crippen molar-refractivity contribution in [1.29, 1.82) is 0 Å². The number of hydrogen-bond acceptors (Lipinski definition) is 7. The zero-order valence-corrected chi connectivity index (χ0v) is 19.2. The minimum atomic E-state index is -0.717. The molecule has 0 radical (unpaired) electrons. The van der Waals surface area contributed by atoms with E-state index in [-0.39, 0.29) is 19.1 Å². The van der Waals surface area contributed by atoms with Crippen LogP contribution in [0.1, 0.15) is 22.9 Å². The summed E-state index contributed by atoms with van der Waals surface area (Å²) in [5, 5.41) is 4.59. The Balaban J connectivity index is 1.28. The van der Waals surface area contributed by atoms with Crippen molar-refractivity contribution in [3.8, 4) is 11.5 Å². The number of thiophene rings is 1. The zero-order valence-electron chi connectivity index (χ0n) is 18.4. The quantitative estimate of drug-likeness (QED) is 0.537. The van der Waals surface area contributed by atoms with Gasteiger partial charge in [0.15, 0.2) is 18.1 Å². The molecular weight excluding hydrogens is 456 g/mol. The van der Waals surface area contributed by atoms with Crippen molar-refractivity contribution >= 4 is 40.5 Å². The zero-order chi connectivity index (χ0) is 23.7. The van der Waals surface area contributed by atoms with Crippen LogP contribution in [-0.4, -0.2) is 31.2 Å². The molecule has 174 valence electrons. The average Bonchev–Trinajstić information content (AvgIpc) is 3.57. The fourth-order valence-corrected chi connectivity index (χ4v) is 5.04. The Morgan fingerprint density at radius 1 is 1.12 bits per heavy atom. The molecule has 2 atom stereocenters. The Hall–Kier alpha value is -3.85. The lowest BCUT2D eigenvalue weighted by Gasteiger charge is -2.27. The van der Waals surface area contributed by atoms with Gasteiger partial charge in [-0.1, -0.05) is 23.8 Å². The number of carbonyl (C=O) groups excluding carboxylic acids is 3. The Morgan fingerprint density at radius 3 is 2.68 bits per heavy atom. The molecule has 8 nitrogen and oxygen atoms in total. The highest BCUT2D eigenvalue weighted by atomic mass is 32.1. The minimum absolute atomic E-state index is 0.0130. The lowest BCUT2D eigenvalue weighted by atomic mass is 9.99. The van der Waals surface area contributed by atoms with Crippen molar-refractivity contribution < 1.29 is 28.6 Å². The van der Waals surface area contributed by atoms with Crippen LogP contribution in [0.2, 0.25) is 0 Å². The summed E-state index contributed by atoms with van der Waals surface area (Å²) in [5.74, 6) is -0.802. The largest absolute Gasteiger partial charge is 0.455 e. The molecule has 2 aromatic carbocycles. The van der Waals surface area contributed by atoms with Gasteiger partial charge in [0.25, 0.3) is 5.91 Å². The SMILES string of the molecule is Cc1ccc(N2C(=O)CC(C(=O)OCC(=O)Nc3ccc4c(c3)OCO4)C2c2cccs2)cc1. The Labute approximate surface area is 200 Å². The number of nitrogens with zero attached hydrogens (tertiary/aromatic N) is 1. The lowest BCUT2D eigenvalue weighted by Crippen LogP contribution is -2.31. The fourth-order valence-electron chi connectivity index (χ4n) is 4.16. The van der Waals surface area contributed by atoms with Gasteiger partial charge in [0.05, 0.1) is 12.0 Å². The van der Waals surface area contributed by atoms with E-state index in [4.69, 9.17) is 14.2 Å². The fraction of sp³-hybridized carbons (Fsp3) is 0.240. The molecule has 0 saturated carbocycles. The van der Waals surface area contributed by atoms with Gasteiger partial charge in [-0.05, 0) is 42.6 Å². The molecule has 2 unspecified atom stereocenters. The maximum absolute atomic E-state index is 13.0. The maximum atomic E-state index is 13.0. The number of ether oxygens (including phenoxy) is 3. The van der Waals surface area contributed by atoms with Crippen LogP contribution in [0, 0.1) is 12.8 Å². The second-order valence-electron chi connectivity index (χ2n) is 8.09. The van der Waals surface area contributed by atoms with E-state index in [1.165, 1.54) is 11.3 Å². The van der Waals surface area contributed by atoms with E-state index < -0.39 is 30.4 Å². The van der Waals surface area contributed by atoms with Gasteiger partial charge in [-0.2, -0.15) is 0 Å². The second-order valence-corrected chi connectivity index (χ2v) is 9.07. The van der Waals surface area contributed by atoms with Crippen molar-refractivity contribution in [1.82, 2.24) is 0 Å². The topological polar surface area (TPSA) is 94.2 Å². The number of amides is 2. The molecular formula is C25H22N2O6S. The van der Waals surface area contributed by atoms with E-state index in [1.54, 1.807) is 23.1 Å². The highest BCUT2D eigenvalue weighted by molar-refractivity contribution is 7.10. The molecule has 5 rings (SSSR count). The molecule has 1 aromatic heterocycles. The summed E-state index contributed by atoms with van der Waals surface area (Å²) in [6, 6.07) is 15.9. The summed E-state index contributed by atoms with van der Waals surface area (Å²) in [6.45, 7) is 1.65. The summed E-state index contributed by atoms with van der Waals surface area (Å²) in [7, 11) is 0. The van der Waals surface area contributed by atoms with Crippen molar-refractivity contribution in [3.63, 3.8) is 0 Å². The Bertz CT molecular complexity index is 1220. The van der Waals surface area contributed by atoms with Gasteiger partial charge in [0.1, 0.15) is 0 Å². The van der Waals surface area contributed by atoms with E-state index >= 15 is 0 Å². The number of carbonyl (C=O) groups is 3. The van der Waals surface area contributed by atoms with Crippen LogP contribution < -0.4 is 19.7 Å². The van der Waals surface area contributed by atoms with Crippen LogP contribution in [0.25, 0.3) is 0 Å². The molecule has 3 heterocycles. The van der Waals surface area contributed by atoms with E-state index in [0.717, 1.165) is 16.1 Å². The number of nitrogens with one attached hydrogen (secondary N) is 1. The molecule has 1 N–H and O–H groups in total. The third kappa shape index (κ3) is 4.34. The van der Waals surface area contributed by atoms with E-state index in [0.29, 0.717) is 17.2 Å². The third-order valence-electron chi connectivity index (χ3n) is 5.77. The highest BCUT2D eigenvalue weighted by Crippen LogP contribution is 2.43. The Kier molecular flexibility index (Phi) is 5.93. The minimum Gasteiger partial charge on any atom is -0.455 e. The molecule has 9 heteroatoms. The van der Waals surface area contributed by atoms with Crippen LogP contribution in [0.5, 0.6) is 11.5 Å². The molecule has 0 aliphatic carbocycles. The molecule has 1 fully saturated rings. The van der Waals surface area contributed by atoms with Crippen LogP contribution in [0.3, 0.4) is 0 Å². The molecule has 3 aromatic rings. The number of rotatable bonds is 6. The van der Waals surface area contributed by atoms with Crippen LogP contribution in [0.15, 0.2) is 60.0 Å². The van der Waals surface area contributed by atoms with Gasteiger partial charge in [-0.25, -0.2) is 0 Å². The van der Waals surface area contributed by atoms with Gasteiger partial charge in [-0.15, -0.1) is 11.3 Å². The molecule has 0 spiro atoms. The maximum Gasteiger partial charge on any atom is 0.312 e. The van der Waals surface area contributed by atoms with Gasteiger partial charge in [-0.3, -0.25) is 14.4 Å². The number of esters is 1. The first-order valence-corrected chi connectivity index (χ1v) is 11.7. The van der Waals surface area contributed by atoms with Crippen molar-refractivity contribution in [2.45, 2.75) is 19.4 Å². The molecule has 1 saturated heterocycles. The number of hydrogen-bond donors (Lipinski definition) is 1. The first-order chi connectivity index (χ1) is 16.5. The highest BCUT2D eigenvalue weighted by Gasteiger charge is 2.46. The first-order valence-electron chi connectivity index (χ1n) is 10.8. The van der Waals surface area contributed by atoms with Crippen molar-refractivity contribution in [2.24, 2.45) is 5.92 Å². The predicted molar refractivity (Wildman–Crippen MR) is 126 cm³/mol. The third-order valence-corrected chi connectivity index (χ3v) is 6.72.